The van der Waals surface area contributed by atoms with Crippen LogP contribution in [-0.4, -0.2) is 27.5 Å². The molecule has 0 bridgehead atoms. The van der Waals surface area contributed by atoms with Crippen molar-refractivity contribution < 1.29 is 9.84 Å². The Bertz CT molecular complexity index is 194. The van der Waals surface area contributed by atoms with E-state index in [-0.39, 0.29) is 10.9 Å². The molecule has 1 N–H and O–H groups in total. The first kappa shape index (κ1) is 12.3. The molecule has 0 radical (unpaired) electrons. The Labute approximate surface area is 91.4 Å². The van der Waals surface area contributed by atoms with Crippen molar-refractivity contribution in [1.82, 2.24) is 0 Å². The predicted molar refractivity (Wildman–Crippen MR) is 61.5 cm³/mol. The van der Waals surface area contributed by atoms with Crippen molar-refractivity contribution in [1.29, 1.82) is 0 Å². The van der Waals surface area contributed by atoms with Crippen molar-refractivity contribution in [2.45, 2.75) is 63.4 Å². The molecule has 1 unspecified atom stereocenters. The highest BCUT2D eigenvalue weighted by Crippen LogP contribution is 2.42. The van der Waals surface area contributed by atoms with Gasteiger partial charge in [-0.1, -0.05) is 27.2 Å². The molecular weight excluding hydrogens is 196 g/mol. The third kappa shape index (κ3) is 2.44. The minimum Gasteiger partial charge on any atom is -0.367 e. The highest BCUT2D eigenvalue weighted by molar-refractivity contribution is 8.01. The molecule has 1 rings (SSSR count). The molecule has 1 aliphatic rings. The molecule has 0 spiro atoms. The van der Waals surface area contributed by atoms with Crippen molar-refractivity contribution in [3.05, 3.63) is 0 Å². The Balaban J connectivity index is 2.67. The Morgan fingerprint density at radius 3 is 2.57 bits per heavy atom. The molecule has 84 valence electrons. The fourth-order valence-electron chi connectivity index (χ4n) is 1.86. The quantitative estimate of drug-likeness (QED) is 0.772. The lowest BCUT2D eigenvalue weighted by Gasteiger charge is -2.44. The Hall–Kier alpha value is 0.270. The number of hydrogen-bond donors (Lipinski definition) is 1. The van der Waals surface area contributed by atoms with E-state index in [1.54, 1.807) is 0 Å². The summed E-state index contributed by atoms with van der Waals surface area (Å²) < 4.78 is 5.52. The molecule has 1 fully saturated rings. The number of hydrogen-bond acceptors (Lipinski definition) is 3. The number of aliphatic hydroxyl groups is 1. The molecule has 0 aromatic carbocycles. The Kier molecular flexibility index (Phi) is 3.89. The van der Waals surface area contributed by atoms with Gasteiger partial charge < -0.3 is 9.84 Å². The van der Waals surface area contributed by atoms with Crippen LogP contribution in [0, 0.1) is 5.92 Å². The van der Waals surface area contributed by atoms with Crippen LogP contribution in [0.2, 0.25) is 0 Å². The van der Waals surface area contributed by atoms with Gasteiger partial charge >= 0.3 is 0 Å². The minimum atomic E-state index is -0.636. The van der Waals surface area contributed by atoms with Gasteiger partial charge in [0.15, 0.2) is 6.29 Å². The largest absolute Gasteiger partial charge is 0.367 e. The molecule has 0 aliphatic carbocycles. The third-order valence-electron chi connectivity index (χ3n) is 3.04. The van der Waals surface area contributed by atoms with Crippen molar-refractivity contribution >= 4 is 11.8 Å². The normalized spacial score (nSPS) is 39.4. The molecule has 0 aromatic rings. The lowest BCUT2D eigenvalue weighted by Crippen LogP contribution is -2.49. The van der Waals surface area contributed by atoms with E-state index in [2.05, 4.69) is 20.8 Å². The van der Waals surface area contributed by atoms with E-state index in [0.717, 1.165) is 6.42 Å². The van der Waals surface area contributed by atoms with E-state index >= 15 is 0 Å². The van der Waals surface area contributed by atoms with Gasteiger partial charge in [0.1, 0.15) is 0 Å². The first-order valence-corrected chi connectivity index (χ1v) is 6.27. The topological polar surface area (TPSA) is 29.5 Å². The second-order valence-corrected chi connectivity index (χ2v) is 6.80. The smallest absolute Gasteiger partial charge is 0.169 e. The third-order valence-corrected chi connectivity index (χ3v) is 4.49. The van der Waals surface area contributed by atoms with Gasteiger partial charge in [0.05, 0.1) is 10.9 Å². The molecule has 4 atom stereocenters. The van der Waals surface area contributed by atoms with Gasteiger partial charge in [0, 0.05) is 5.25 Å². The summed E-state index contributed by atoms with van der Waals surface area (Å²) in [5, 5.41) is 10.3. The maximum atomic E-state index is 9.83. The first-order chi connectivity index (χ1) is 6.38. The van der Waals surface area contributed by atoms with Crippen molar-refractivity contribution in [3.63, 3.8) is 0 Å². The van der Waals surface area contributed by atoms with Crippen LogP contribution in [0.1, 0.15) is 41.0 Å². The predicted octanol–water partition coefficient (Wildman–Crippen LogP) is 2.65. The zero-order chi connectivity index (χ0) is 10.9. The van der Waals surface area contributed by atoms with Gasteiger partial charge in [-0.2, -0.15) is 0 Å². The summed E-state index contributed by atoms with van der Waals surface area (Å²) in [6, 6.07) is 0. The lowest BCUT2D eigenvalue weighted by atomic mass is 9.98. The van der Waals surface area contributed by atoms with E-state index in [1.165, 1.54) is 0 Å². The lowest BCUT2D eigenvalue weighted by molar-refractivity contribution is -0.169. The summed E-state index contributed by atoms with van der Waals surface area (Å²) >= 11 is 1.83. The van der Waals surface area contributed by atoms with Gasteiger partial charge in [0.25, 0.3) is 0 Å². The van der Waals surface area contributed by atoms with Gasteiger partial charge in [-0.25, -0.2) is 0 Å². The number of aliphatic hydroxyl groups excluding tert-OH is 1. The zero-order valence-electron chi connectivity index (χ0n) is 9.78. The van der Waals surface area contributed by atoms with Crippen LogP contribution in [0.4, 0.5) is 0 Å². The summed E-state index contributed by atoms with van der Waals surface area (Å²) in [5.41, 5.74) is 0. The summed E-state index contributed by atoms with van der Waals surface area (Å²) in [5.74, 6) is 0.517. The van der Waals surface area contributed by atoms with Crippen LogP contribution < -0.4 is 0 Å². The van der Waals surface area contributed by atoms with E-state index in [9.17, 15) is 5.11 Å². The summed E-state index contributed by atoms with van der Waals surface area (Å²) in [6.45, 7) is 10.6. The molecular formula is C11H22O2S. The van der Waals surface area contributed by atoms with E-state index in [0.29, 0.717) is 11.2 Å². The standard InChI is InChI=1S/C11H22O2S/c1-6-7(2)9-8(3)14-11(4,5)10(12)13-9/h7-10,12H,6H2,1-5H3/t7-,8+,9-,10?/m0/s1. The van der Waals surface area contributed by atoms with E-state index in [1.807, 2.05) is 25.6 Å². The molecule has 0 aromatic heterocycles. The molecule has 3 heteroatoms. The fraction of sp³-hybridized carbons (Fsp3) is 1.00. The second kappa shape index (κ2) is 4.42. The molecule has 0 amide bonds. The van der Waals surface area contributed by atoms with Crippen LogP contribution in [0.3, 0.4) is 0 Å². The van der Waals surface area contributed by atoms with E-state index < -0.39 is 6.29 Å². The minimum absolute atomic E-state index is 0.177. The molecule has 1 heterocycles. The fourth-order valence-corrected chi connectivity index (χ4v) is 3.45. The number of ether oxygens (including phenoxy) is 1. The van der Waals surface area contributed by atoms with Gasteiger partial charge in [-0.3, -0.25) is 0 Å². The molecule has 14 heavy (non-hydrogen) atoms. The zero-order valence-corrected chi connectivity index (χ0v) is 10.6. The van der Waals surface area contributed by atoms with Crippen molar-refractivity contribution in [2.75, 3.05) is 0 Å². The average Bonchev–Trinajstić information content (AvgIpc) is 2.09. The van der Waals surface area contributed by atoms with Gasteiger partial charge in [-0.15, -0.1) is 11.8 Å². The highest BCUT2D eigenvalue weighted by atomic mass is 32.2. The maximum Gasteiger partial charge on any atom is 0.169 e. The van der Waals surface area contributed by atoms with Gasteiger partial charge in [-0.05, 0) is 19.8 Å². The van der Waals surface area contributed by atoms with Gasteiger partial charge in [0.2, 0.25) is 0 Å². The van der Waals surface area contributed by atoms with Crippen molar-refractivity contribution in [2.24, 2.45) is 5.92 Å². The van der Waals surface area contributed by atoms with Crippen molar-refractivity contribution in [3.8, 4) is 0 Å². The number of rotatable bonds is 2. The first-order valence-electron chi connectivity index (χ1n) is 5.39. The van der Waals surface area contributed by atoms with Crippen LogP contribution in [-0.2, 0) is 4.74 Å². The van der Waals surface area contributed by atoms with E-state index in [4.69, 9.17) is 4.74 Å². The van der Waals surface area contributed by atoms with Crippen LogP contribution in [0.5, 0.6) is 0 Å². The second-order valence-electron chi connectivity index (χ2n) is 4.77. The Morgan fingerprint density at radius 2 is 2.07 bits per heavy atom. The Morgan fingerprint density at radius 1 is 1.50 bits per heavy atom. The average molecular weight is 218 g/mol. The summed E-state index contributed by atoms with van der Waals surface area (Å²) in [6.07, 6.45) is 0.652. The van der Waals surface area contributed by atoms with Crippen LogP contribution in [0.15, 0.2) is 0 Å². The summed E-state index contributed by atoms with van der Waals surface area (Å²) in [4.78, 5) is 0. The molecule has 1 saturated heterocycles. The highest BCUT2D eigenvalue weighted by Gasteiger charge is 2.42. The molecule has 1 aliphatic heterocycles. The summed E-state index contributed by atoms with van der Waals surface area (Å²) in [7, 11) is 0. The monoisotopic (exact) mass is 218 g/mol. The SMILES string of the molecule is CC[C@H](C)[C@@H]1OC(O)C(C)(C)S[C@@H]1C. The molecule has 2 nitrogen and oxygen atoms in total. The van der Waals surface area contributed by atoms with Crippen LogP contribution >= 0.6 is 11.8 Å². The molecule has 0 saturated carbocycles. The van der Waals surface area contributed by atoms with Crippen LogP contribution in [0.25, 0.3) is 0 Å². The number of thioether (sulfide) groups is 1. The maximum absolute atomic E-state index is 9.83.